The average Bonchev–Trinajstić information content (AvgIpc) is 3.31. The molecule has 166 valence electrons. The third-order valence-electron chi connectivity index (χ3n) is 5.84. The number of rotatable bonds is 7. The number of hydrogen-bond donors (Lipinski definition) is 1. The first-order chi connectivity index (χ1) is 15.5. The van der Waals surface area contributed by atoms with E-state index in [9.17, 15) is 9.59 Å². The van der Waals surface area contributed by atoms with Gasteiger partial charge in [0.25, 0.3) is 0 Å². The number of likely N-dealkylation sites (tertiary alicyclic amines) is 1. The van der Waals surface area contributed by atoms with Crippen molar-refractivity contribution in [3.63, 3.8) is 0 Å². The summed E-state index contributed by atoms with van der Waals surface area (Å²) in [6, 6.07) is 10.9. The van der Waals surface area contributed by atoms with E-state index in [0.29, 0.717) is 36.1 Å². The Labute approximate surface area is 185 Å². The molecule has 9 nitrogen and oxygen atoms in total. The molecule has 9 heteroatoms. The van der Waals surface area contributed by atoms with Gasteiger partial charge in [-0.3, -0.25) is 14.5 Å². The van der Waals surface area contributed by atoms with Crippen LogP contribution in [0.5, 0.6) is 11.6 Å². The Kier molecular flexibility index (Phi) is 5.36. The molecule has 5 rings (SSSR count). The molecule has 0 radical (unpaired) electrons. The molecule has 2 aliphatic heterocycles. The minimum absolute atomic E-state index is 0.0931. The van der Waals surface area contributed by atoms with Crippen LogP contribution in [0, 0.1) is 5.41 Å². The van der Waals surface area contributed by atoms with Crippen LogP contribution in [-0.2, 0) is 20.7 Å². The molecule has 4 heterocycles. The predicted molar refractivity (Wildman–Crippen MR) is 117 cm³/mol. The maximum atomic E-state index is 12.5. The van der Waals surface area contributed by atoms with E-state index in [0.717, 1.165) is 38.3 Å². The van der Waals surface area contributed by atoms with E-state index in [-0.39, 0.29) is 17.1 Å². The van der Waals surface area contributed by atoms with Gasteiger partial charge in [0.1, 0.15) is 11.5 Å². The monoisotopic (exact) mass is 435 g/mol. The lowest BCUT2D eigenvalue weighted by molar-refractivity contribution is -0.119. The average molecular weight is 435 g/mol. The van der Waals surface area contributed by atoms with Crippen molar-refractivity contribution < 1.29 is 19.1 Å². The molecule has 1 spiro atoms. The number of aromatic nitrogens is 3. The van der Waals surface area contributed by atoms with Crippen molar-refractivity contribution in [3.8, 4) is 11.6 Å². The largest absolute Gasteiger partial charge is 0.438 e. The predicted octanol–water partition coefficient (Wildman–Crippen LogP) is 2.31. The molecule has 32 heavy (non-hydrogen) atoms. The number of fused-ring (bicyclic) bond motifs is 1. The number of benzene rings is 1. The molecular weight excluding hydrogens is 410 g/mol. The van der Waals surface area contributed by atoms with Crippen LogP contribution in [0.1, 0.15) is 18.9 Å². The molecule has 1 aromatic carbocycles. The Morgan fingerprint density at radius 2 is 2.12 bits per heavy atom. The third-order valence-corrected chi connectivity index (χ3v) is 5.84. The molecule has 0 unspecified atom stereocenters. The highest BCUT2D eigenvalue weighted by Crippen LogP contribution is 2.37. The van der Waals surface area contributed by atoms with Crippen LogP contribution in [0.4, 0.5) is 5.82 Å². The number of carbonyl (C=O) groups excluding carboxylic acids is 2. The van der Waals surface area contributed by atoms with Crippen molar-refractivity contribution in [2.24, 2.45) is 5.41 Å². The summed E-state index contributed by atoms with van der Waals surface area (Å²) in [6.07, 6.45) is 3.11. The van der Waals surface area contributed by atoms with Gasteiger partial charge in [-0.25, -0.2) is 9.50 Å². The van der Waals surface area contributed by atoms with Gasteiger partial charge in [0.15, 0.2) is 11.5 Å². The first-order valence-corrected chi connectivity index (χ1v) is 10.7. The second-order valence-electron chi connectivity index (χ2n) is 8.73. The maximum Gasteiger partial charge on any atom is 0.239 e. The summed E-state index contributed by atoms with van der Waals surface area (Å²) >= 11 is 0. The highest BCUT2D eigenvalue weighted by Gasteiger charge is 2.44. The van der Waals surface area contributed by atoms with Crippen LogP contribution < -0.4 is 10.1 Å². The van der Waals surface area contributed by atoms with E-state index in [1.165, 1.54) is 0 Å². The summed E-state index contributed by atoms with van der Waals surface area (Å²) in [5.41, 5.74) is 1.75. The number of amides is 1. The zero-order valence-corrected chi connectivity index (χ0v) is 17.9. The molecule has 0 aliphatic carbocycles. The number of imidazole rings is 1. The number of ketones is 1. The van der Waals surface area contributed by atoms with E-state index in [1.807, 2.05) is 24.3 Å². The summed E-state index contributed by atoms with van der Waals surface area (Å²) in [6.45, 7) is 5.32. The number of ether oxygens (including phenoxy) is 2. The molecule has 0 atom stereocenters. The van der Waals surface area contributed by atoms with Crippen molar-refractivity contribution in [3.05, 3.63) is 48.2 Å². The fraction of sp³-hybridized carbons (Fsp3) is 0.391. The number of Topliss-reactive ketones (excluding diaryl/α,β-unsaturated/α-hetero) is 1. The fourth-order valence-electron chi connectivity index (χ4n) is 4.28. The van der Waals surface area contributed by atoms with E-state index in [1.54, 1.807) is 29.8 Å². The summed E-state index contributed by atoms with van der Waals surface area (Å²) in [5, 5.41) is 7.28. The summed E-state index contributed by atoms with van der Waals surface area (Å²) in [7, 11) is 0. The highest BCUT2D eigenvalue weighted by molar-refractivity contribution is 5.91. The van der Waals surface area contributed by atoms with Crippen molar-refractivity contribution in [2.45, 2.75) is 19.8 Å². The van der Waals surface area contributed by atoms with Gasteiger partial charge in [0.2, 0.25) is 11.8 Å². The van der Waals surface area contributed by atoms with E-state index in [2.05, 4.69) is 20.3 Å². The van der Waals surface area contributed by atoms with Crippen LogP contribution in [0.15, 0.2) is 42.6 Å². The van der Waals surface area contributed by atoms with Gasteiger partial charge in [0, 0.05) is 24.4 Å². The van der Waals surface area contributed by atoms with Crippen LogP contribution in [0.2, 0.25) is 0 Å². The second kappa shape index (κ2) is 8.33. The van der Waals surface area contributed by atoms with Crippen LogP contribution >= 0.6 is 0 Å². The van der Waals surface area contributed by atoms with Gasteiger partial charge in [-0.15, -0.1) is 5.10 Å². The minimum Gasteiger partial charge on any atom is -0.438 e. The number of nitrogens with zero attached hydrogens (tertiary/aromatic N) is 4. The number of anilines is 1. The van der Waals surface area contributed by atoms with Crippen molar-refractivity contribution in [1.82, 2.24) is 19.5 Å². The van der Waals surface area contributed by atoms with Crippen molar-refractivity contribution in [2.75, 3.05) is 38.2 Å². The van der Waals surface area contributed by atoms with Crippen LogP contribution in [0.25, 0.3) is 5.65 Å². The van der Waals surface area contributed by atoms with Gasteiger partial charge in [-0.1, -0.05) is 12.1 Å². The van der Waals surface area contributed by atoms with E-state index < -0.39 is 0 Å². The zero-order chi connectivity index (χ0) is 22.1. The Morgan fingerprint density at radius 1 is 1.25 bits per heavy atom. The Bertz CT molecular complexity index is 1170. The standard InChI is InChI=1S/C23H25N5O4/c1-16(29)9-17-3-2-4-18(10-17)32-22-6-5-20-24-19(11-28(20)26-22)25-21(30)12-27-8-7-23(13-27)14-31-15-23/h2-6,10-11H,7-9,12-15H2,1H3,(H,25,30). The molecule has 1 amide bonds. The van der Waals surface area contributed by atoms with Gasteiger partial charge in [-0.05, 0) is 43.7 Å². The lowest BCUT2D eigenvalue weighted by Crippen LogP contribution is -2.45. The molecule has 2 fully saturated rings. The van der Waals surface area contributed by atoms with Gasteiger partial charge >= 0.3 is 0 Å². The summed E-state index contributed by atoms with van der Waals surface area (Å²) in [5.74, 6) is 1.44. The maximum absolute atomic E-state index is 12.5. The Morgan fingerprint density at radius 3 is 2.88 bits per heavy atom. The van der Waals surface area contributed by atoms with Gasteiger partial charge < -0.3 is 14.8 Å². The van der Waals surface area contributed by atoms with E-state index in [4.69, 9.17) is 9.47 Å². The molecular formula is C23H25N5O4. The quantitative estimate of drug-likeness (QED) is 0.608. The number of nitrogens with one attached hydrogen (secondary N) is 1. The molecule has 2 aliphatic rings. The highest BCUT2D eigenvalue weighted by atomic mass is 16.5. The number of carbonyl (C=O) groups is 2. The topological polar surface area (TPSA) is 98.1 Å². The second-order valence-corrected chi connectivity index (χ2v) is 8.73. The van der Waals surface area contributed by atoms with Crippen molar-refractivity contribution >= 4 is 23.2 Å². The molecule has 2 saturated heterocycles. The fourth-order valence-corrected chi connectivity index (χ4v) is 4.28. The van der Waals surface area contributed by atoms with Crippen LogP contribution in [-0.4, -0.2) is 64.0 Å². The summed E-state index contributed by atoms with van der Waals surface area (Å²) < 4.78 is 12.8. The number of hydrogen-bond acceptors (Lipinski definition) is 7. The van der Waals surface area contributed by atoms with Gasteiger partial charge in [-0.2, -0.15) is 0 Å². The third kappa shape index (κ3) is 4.49. The summed E-state index contributed by atoms with van der Waals surface area (Å²) in [4.78, 5) is 30.4. The molecule has 2 aromatic heterocycles. The Hall–Kier alpha value is -3.30. The van der Waals surface area contributed by atoms with Crippen molar-refractivity contribution in [1.29, 1.82) is 0 Å². The first kappa shape index (κ1) is 20.6. The lowest BCUT2D eigenvalue weighted by Gasteiger charge is -2.37. The molecule has 0 bridgehead atoms. The Balaban J connectivity index is 1.22. The molecule has 3 aromatic rings. The molecule has 0 saturated carbocycles. The minimum atomic E-state index is -0.0931. The van der Waals surface area contributed by atoms with E-state index >= 15 is 0 Å². The first-order valence-electron chi connectivity index (χ1n) is 10.7. The SMILES string of the molecule is CC(=O)Cc1cccc(Oc2ccc3nc(NC(=O)CN4CCC5(COC5)C4)cn3n2)c1. The normalized spacial score (nSPS) is 17.4. The lowest BCUT2D eigenvalue weighted by atomic mass is 9.85. The zero-order valence-electron chi connectivity index (χ0n) is 17.9. The van der Waals surface area contributed by atoms with Crippen LogP contribution in [0.3, 0.4) is 0 Å². The molecule has 1 N–H and O–H groups in total. The smallest absolute Gasteiger partial charge is 0.239 e. The van der Waals surface area contributed by atoms with Gasteiger partial charge in [0.05, 0.1) is 26.0 Å².